The quantitative estimate of drug-likeness (QED) is 0.688. The van der Waals surface area contributed by atoms with Gasteiger partial charge in [-0.3, -0.25) is 0 Å². The number of ether oxygens (including phenoxy) is 1. The maximum atomic E-state index is 15.1. The molecule has 21 heavy (non-hydrogen) atoms. The molecule has 0 radical (unpaired) electrons. The fourth-order valence-corrected chi connectivity index (χ4v) is 3.80. The Morgan fingerprint density at radius 2 is 1.57 bits per heavy atom. The first-order valence-corrected chi connectivity index (χ1v) is 8.10. The van der Waals surface area contributed by atoms with E-state index in [0.29, 0.717) is 0 Å². The minimum Gasteiger partial charge on any atom is -0.398 e. The van der Waals surface area contributed by atoms with Gasteiger partial charge in [0, 0.05) is 13.2 Å². The Balaban J connectivity index is 1.88. The fraction of sp³-hybridized carbons (Fsp3) is 0.875. The van der Waals surface area contributed by atoms with Gasteiger partial charge in [-0.1, -0.05) is 0 Å². The molecule has 0 amide bonds. The SMILES string of the molecule is CC1(C)OB(C(F)=C2CCCC23CCOCC3)OC1(C)C. The van der Waals surface area contributed by atoms with Crippen LogP contribution >= 0.6 is 0 Å². The van der Waals surface area contributed by atoms with Gasteiger partial charge in [-0.25, -0.2) is 4.39 Å². The van der Waals surface area contributed by atoms with E-state index < -0.39 is 18.3 Å². The molecule has 1 spiro atoms. The molecule has 0 aromatic carbocycles. The van der Waals surface area contributed by atoms with Crippen molar-refractivity contribution in [3.05, 3.63) is 11.3 Å². The molecule has 0 N–H and O–H groups in total. The van der Waals surface area contributed by atoms with Crippen LogP contribution in [0, 0.1) is 5.41 Å². The monoisotopic (exact) mass is 296 g/mol. The zero-order valence-electron chi connectivity index (χ0n) is 13.6. The molecule has 0 bridgehead atoms. The minimum atomic E-state index is -0.845. The van der Waals surface area contributed by atoms with Crippen molar-refractivity contribution >= 4 is 7.12 Å². The van der Waals surface area contributed by atoms with Crippen LogP contribution in [0.2, 0.25) is 0 Å². The highest BCUT2D eigenvalue weighted by Gasteiger charge is 2.55. The predicted molar refractivity (Wildman–Crippen MR) is 80.6 cm³/mol. The lowest BCUT2D eigenvalue weighted by molar-refractivity contribution is 0.00578. The van der Waals surface area contributed by atoms with Crippen LogP contribution in [0.5, 0.6) is 0 Å². The molecule has 0 unspecified atom stereocenters. The number of rotatable bonds is 1. The summed E-state index contributed by atoms with van der Waals surface area (Å²) in [5.41, 5.74) is -0.225. The summed E-state index contributed by atoms with van der Waals surface area (Å²) >= 11 is 0. The Hall–Kier alpha value is -0.385. The third kappa shape index (κ3) is 2.47. The minimum absolute atomic E-state index is 0.00801. The smallest absolute Gasteiger partial charge is 0.398 e. The number of allylic oxidation sites excluding steroid dienone is 1. The summed E-state index contributed by atoms with van der Waals surface area (Å²) in [5, 5.41) is 0. The molecule has 2 heterocycles. The average molecular weight is 296 g/mol. The number of hydrogen-bond acceptors (Lipinski definition) is 3. The summed E-state index contributed by atoms with van der Waals surface area (Å²) in [6.07, 6.45) is 4.81. The van der Waals surface area contributed by atoms with Crippen LogP contribution in [0.1, 0.15) is 59.8 Å². The molecule has 5 heteroatoms. The van der Waals surface area contributed by atoms with E-state index in [-0.39, 0.29) is 11.1 Å². The number of hydrogen-bond donors (Lipinski definition) is 0. The van der Waals surface area contributed by atoms with Crippen LogP contribution in [0.15, 0.2) is 11.3 Å². The van der Waals surface area contributed by atoms with Crippen LogP contribution in [-0.4, -0.2) is 31.5 Å². The largest absolute Gasteiger partial charge is 0.525 e. The van der Waals surface area contributed by atoms with Crippen LogP contribution in [-0.2, 0) is 14.0 Å². The van der Waals surface area contributed by atoms with E-state index in [9.17, 15) is 0 Å². The summed E-state index contributed by atoms with van der Waals surface area (Å²) in [6.45, 7) is 9.32. The molecular weight excluding hydrogens is 270 g/mol. The van der Waals surface area contributed by atoms with E-state index in [1.165, 1.54) is 0 Å². The van der Waals surface area contributed by atoms with E-state index in [2.05, 4.69) is 0 Å². The van der Waals surface area contributed by atoms with Gasteiger partial charge >= 0.3 is 7.12 Å². The van der Waals surface area contributed by atoms with Gasteiger partial charge in [0.15, 0.2) is 0 Å². The lowest BCUT2D eigenvalue weighted by atomic mass is 9.70. The van der Waals surface area contributed by atoms with Crippen molar-refractivity contribution < 1.29 is 18.4 Å². The fourth-order valence-electron chi connectivity index (χ4n) is 3.80. The molecule has 1 aliphatic carbocycles. The molecule has 3 nitrogen and oxygen atoms in total. The second-order valence-electron chi connectivity index (χ2n) is 7.66. The third-order valence-electron chi connectivity index (χ3n) is 5.92. The first-order valence-electron chi connectivity index (χ1n) is 8.10. The van der Waals surface area contributed by atoms with Gasteiger partial charge in [0.25, 0.3) is 0 Å². The second kappa shape index (κ2) is 5.07. The van der Waals surface area contributed by atoms with Crippen molar-refractivity contribution in [2.75, 3.05) is 13.2 Å². The van der Waals surface area contributed by atoms with E-state index >= 15 is 4.39 Å². The molecule has 3 rings (SSSR count). The van der Waals surface area contributed by atoms with Crippen molar-refractivity contribution in [2.24, 2.45) is 5.41 Å². The van der Waals surface area contributed by atoms with E-state index in [1.807, 2.05) is 27.7 Å². The van der Waals surface area contributed by atoms with Gasteiger partial charge < -0.3 is 14.0 Å². The van der Waals surface area contributed by atoms with Crippen LogP contribution in [0.4, 0.5) is 4.39 Å². The normalized spacial score (nSPS) is 32.7. The number of halogens is 1. The van der Waals surface area contributed by atoms with Crippen molar-refractivity contribution in [2.45, 2.75) is 71.0 Å². The summed E-state index contributed by atoms with van der Waals surface area (Å²) in [6, 6.07) is 0. The molecule has 1 saturated carbocycles. The van der Waals surface area contributed by atoms with Gasteiger partial charge in [0.1, 0.15) is 5.73 Å². The maximum Gasteiger partial charge on any atom is 0.525 e. The van der Waals surface area contributed by atoms with Crippen molar-refractivity contribution in [3.63, 3.8) is 0 Å². The Morgan fingerprint density at radius 3 is 2.14 bits per heavy atom. The predicted octanol–water partition coefficient (Wildman–Crippen LogP) is 3.82. The Labute approximate surface area is 127 Å². The highest BCUT2D eigenvalue weighted by Crippen LogP contribution is 2.52. The molecule has 3 fully saturated rings. The molecular formula is C16H26BFO3. The summed E-state index contributed by atoms with van der Waals surface area (Å²) < 4.78 is 32.4. The zero-order chi connectivity index (χ0) is 15.3. The first kappa shape index (κ1) is 15.5. The zero-order valence-corrected chi connectivity index (χ0v) is 13.6. The molecule has 0 atom stereocenters. The van der Waals surface area contributed by atoms with Crippen LogP contribution < -0.4 is 0 Å². The molecule has 2 aliphatic heterocycles. The highest BCUT2D eigenvalue weighted by atomic mass is 19.1. The summed E-state index contributed by atoms with van der Waals surface area (Å²) in [5.74, 6) is 0. The standard InChI is InChI=1S/C16H26BFO3/c1-14(2)15(3,4)21-17(20-14)13(18)12-6-5-7-16(12)8-10-19-11-9-16/h5-11H2,1-4H3. The third-order valence-corrected chi connectivity index (χ3v) is 5.92. The molecule has 0 aromatic heterocycles. The molecule has 118 valence electrons. The second-order valence-corrected chi connectivity index (χ2v) is 7.66. The molecule has 2 saturated heterocycles. The van der Waals surface area contributed by atoms with Gasteiger partial charge in [-0.15, -0.1) is 0 Å². The van der Waals surface area contributed by atoms with Crippen molar-refractivity contribution in [1.29, 1.82) is 0 Å². The van der Waals surface area contributed by atoms with E-state index in [0.717, 1.165) is 50.9 Å². The lowest BCUT2D eigenvalue weighted by Gasteiger charge is -2.35. The Kier molecular flexibility index (Phi) is 3.74. The topological polar surface area (TPSA) is 27.7 Å². The van der Waals surface area contributed by atoms with Gasteiger partial charge in [0.2, 0.25) is 0 Å². The summed E-state index contributed by atoms with van der Waals surface area (Å²) in [4.78, 5) is 0. The van der Waals surface area contributed by atoms with Crippen LogP contribution in [0.3, 0.4) is 0 Å². The maximum absolute atomic E-state index is 15.1. The molecule has 0 aromatic rings. The van der Waals surface area contributed by atoms with Crippen molar-refractivity contribution in [1.82, 2.24) is 0 Å². The lowest BCUT2D eigenvalue weighted by Crippen LogP contribution is -2.41. The van der Waals surface area contributed by atoms with Crippen LogP contribution in [0.25, 0.3) is 0 Å². The first-order chi connectivity index (χ1) is 9.78. The Bertz CT molecular complexity index is 436. The van der Waals surface area contributed by atoms with E-state index in [4.69, 9.17) is 14.0 Å². The van der Waals surface area contributed by atoms with Crippen molar-refractivity contribution in [3.8, 4) is 0 Å². The Morgan fingerprint density at radius 1 is 1.00 bits per heavy atom. The van der Waals surface area contributed by atoms with Gasteiger partial charge in [-0.2, -0.15) is 0 Å². The highest BCUT2D eigenvalue weighted by molar-refractivity contribution is 6.53. The molecule has 3 aliphatic rings. The van der Waals surface area contributed by atoms with Gasteiger partial charge in [-0.05, 0) is 70.8 Å². The average Bonchev–Trinajstić information content (AvgIpc) is 2.89. The van der Waals surface area contributed by atoms with E-state index in [1.54, 1.807) is 0 Å². The van der Waals surface area contributed by atoms with Gasteiger partial charge in [0.05, 0.1) is 11.2 Å². The summed E-state index contributed by atoms with van der Waals surface area (Å²) in [7, 11) is -0.845.